The number of hydrogen-bond acceptors (Lipinski definition) is 6. The third-order valence-corrected chi connectivity index (χ3v) is 5.17. The highest BCUT2D eigenvalue weighted by atomic mass is 35.5. The molecule has 25 heavy (non-hydrogen) atoms. The van der Waals surface area contributed by atoms with E-state index < -0.39 is 11.4 Å². The Kier molecular flexibility index (Phi) is 4.03. The van der Waals surface area contributed by atoms with Gasteiger partial charge in [0.05, 0.1) is 6.04 Å². The van der Waals surface area contributed by atoms with Gasteiger partial charge < -0.3 is 10.4 Å². The van der Waals surface area contributed by atoms with Gasteiger partial charge in [0, 0.05) is 17.1 Å². The predicted molar refractivity (Wildman–Crippen MR) is 97.6 cm³/mol. The SMILES string of the molecule is O=C1C(Cl)C(c2ccccc2O)N1c1nc(Nc2ccccn2)cs1. The van der Waals surface area contributed by atoms with Crippen LogP contribution in [0.3, 0.4) is 0 Å². The lowest BCUT2D eigenvalue weighted by molar-refractivity contribution is -0.123. The fraction of sp³-hybridized carbons (Fsp3) is 0.118. The number of anilines is 3. The molecule has 0 radical (unpaired) electrons. The molecular weight excluding hydrogens is 360 g/mol. The van der Waals surface area contributed by atoms with Crippen LogP contribution < -0.4 is 10.2 Å². The Hall–Kier alpha value is -2.64. The largest absolute Gasteiger partial charge is 0.508 e. The zero-order valence-corrected chi connectivity index (χ0v) is 14.4. The maximum absolute atomic E-state index is 12.3. The monoisotopic (exact) mass is 372 g/mol. The molecule has 0 aliphatic carbocycles. The molecule has 2 aromatic heterocycles. The van der Waals surface area contributed by atoms with Crippen molar-refractivity contribution in [2.24, 2.45) is 0 Å². The minimum atomic E-state index is -0.718. The van der Waals surface area contributed by atoms with Crippen molar-refractivity contribution >= 4 is 45.6 Å². The van der Waals surface area contributed by atoms with Crippen LogP contribution in [0.4, 0.5) is 16.8 Å². The Morgan fingerprint density at radius 2 is 1.96 bits per heavy atom. The van der Waals surface area contributed by atoms with Gasteiger partial charge in [-0.1, -0.05) is 24.3 Å². The van der Waals surface area contributed by atoms with Gasteiger partial charge >= 0.3 is 0 Å². The predicted octanol–water partition coefficient (Wildman–Crippen LogP) is 3.68. The Balaban J connectivity index is 1.60. The molecule has 1 aliphatic heterocycles. The number of pyridine rings is 1. The van der Waals surface area contributed by atoms with E-state index in [0.717, 1.165) is 0 Å². The summed E-state index contributed by atoms with van der Waals surface area (Å²) < 4.78 is 0. The van der Waals surface area contributed by atoms with E-state index in [0.29, 0.717) is 22.3 Å². The summed E-state index contributed by atoms with van der Waals surface area (Å²) in [6.45, 7) is 0. The van der Waals surface area contributed by atoms with Crippen LogP contribution in [0.25, 0.3) is 0 Å². The normalized spacial score (nSPS) is 19.6. The van der Waals surface area contributed by atoms with Crippen molar-refractivity contribution in [2.45, 2.75) is 11.4 Å². The summed E-state index contributed by atoms with van der Waals surface area (Å²) >= 11 is 7.53. The third-order valence-electron chi connectivity index (χ3n) is 3.90. The third kappa shape index (κ3) is 2.81. The number of nitrogens with zero attached hydrogens (tertiary/aromatic N) is 3. The molecular formula is C17H13ClN4O2S. The minimum absolute atomic E-state index is 0.110. The van der Waals surface area contributed by atoms with E-state index >= 15 is 0 Å². The second-order valence-electron chi connectivity index (χ2n) is 5.47. The fourth-order valence-electron chi connectivity index (χ4n) is 2.70. The summed E-state index contributed by atoms with van der Waals surface area (Å²) in [4.78, 5) is 22.4. The number of phenolic OH excluding ortho intramolecular Hbond substituents is 1. The number of amides is 1. The molecule has 0 bridgehead atoms. The van der Waals surface area contributed by atoms with Crippen LogP contribution in [0.15, 0.2) is 54.0 Å². The summed E-state index contributed by atoms with van der Waals surface area (Å²) in [6.07, 6.45) is 1.68. The van der Waals surface area contributed by atoms with Crippen LogP contribution in [0.1, 0.15) is 11.6 Å². The van der Waals surface area contributed by atoms with Gasteiger partial charge in [-0.15, -0.1) is 22.9 Å². The first kappa shape index (κ1) is 15.9. The minimum Gasteiger partial charge on any atom is -0.508 e. The summed E-state index contributed by atoms with van der Waals surface area (Å²) in [5, 5.41) is 14.8. The lowest BCUT2D eigenvalue weighted by Crippen LogP contribution is -2.56. The summed E-state index contributed by atoms with van der Waals surface area (Å²) in [5.74, 6) is 1.15. The Morgan fingerprint density at radius 1 is 1.16 bits per heavy atom. The van der Waals surface area contributed by atoms with Gasteiger partial charge in [0.15, 0.2) is 5.13 Å². The maximum Gasteiger partial charge on any atom is 0.249 e. The Labute approximate surface area is 152 Å². The lowest BCUT2D eigenvalue weighted by Gasteiger charge is -2.42. The van der Waals surface area contributed by atoms with Gasteiger partial charge in [-0.25, -0.2) is 9.97 Å². The zero-order valence-electron chi connectivity index (χ0n) is 12.8. The van der Waals surface area contributed by atoms with Gasteiger partial charge in [0.1, 0.15) is 22.8 Å². The smallest absolute Gasteiger partial charge is 0.249 e. The van der Waals surface area contributed by atoms with Crippen molar-refractivity contribution in [3.05, 3.63) is 59.6 Å². The number of aromatic nitrogens is 2. The number of carbonyl (C=O) groups excluding carboxylic acids is 1. The van der Waals surface area contributed by atoms with E-state index in [1.54, 1.807) is 35.8 Å². The molecule has 1 fully saturated rings. The number of halogens is 1. The number of benzene rings is 1. The van der Waals surface area contributed by atoms with Crippen molar-refractivity contribution in [2.75, 3.05) is 10.2 Å². The Morgan fingerprint density at radius 3 is 2.72 bits per heavy atom. The number of carbonyl (C=O) groups is 1. The van der Waals surface area contributed by atoms with Crippen molar-refractivity contribution in [1.82, 2.24) is 9.97 Å². The van der Waals surface area contributed by atoms with Gasteiger partial charge in [-0.2, -0.15) is 0 Å². The van der Waals surface area contributed by atoms with E-state index in [2.05, 4.69) is 15.3 Å². The first-order valence-electron chi connectivity index (χ1n) is 7.54. The number of β-lactam (4-membered cyclic amide) rings is 1. The molecule has 3 heterocycles. The topological polar surface area (TPSA) is 78.3 Å². The van der Waals surface area contributed by atoms with Crippen LogP contribution in [0, 0.1) is 0 Å². The molecule has 8 heteroatoms. The van der Waals surface area contributed by atoms with Gasteiger partial charge in [-0.05, 0) is 18.2 Å². The van der Waals surface area contributed by atoms with E-state index in [1.165, 1.54) is 16.2 Å². The zero-order chi connectivity index (χ0) is 17.4. The van der Waals surface area contributed by atoms with Crippen LogP contribution >= 0.6 is 22.9 Å². The van der Waals surface area contributed by atoms with Gasteiger partial charge in [0.2, 0.25) is 5.91 Å². The number of phenols is 1. The standard InChI is InChI=1S/C17H13ClN4O2S/c18-14-15(10-5-1-2-6-11(10)23)22(16(14)24)17-21-13(9-25-17)20-12-7-3-4-8-19-12/h1-9,14-15,23H,(H,19,20). The quantitative estimate of drug-likeness (QED) is 0.539. The average molecular weight is 373 g/mol. The number of aromatic hydroxyl groups is 1. The number of hydrogen-bond donors (Lipinski definition) is 2. The second-order valence-corrected chi connectivity index (χ2v) is 6.78. The van der Waals surface area contributed by atoms with Gasteiger partial charge in [-0.3, -0.25) is 9.69 Å². The van der Waals surface area contributed by atoms with Crippen molar-refractivity contribution in [3.63, 3.8) is 0 Å². The molecule has 0 saturated carbocycles. The summed E-state index contributed by atoms with van der Waals surface area (Å²) in [6, 6.07) is 11.9. The molecule has 1 aromatic carbocycles. The highest BCUT2D eigenvalue weighted by molar-refractivity contribution is 7.14. The number of alkyl halides is 1. The number of rotatable bonds is 4. The van der Waals surface area contributed by atoms with Crippen LogP contribution in [-0.2, 0) is 4.79 Å². The molecule has 3 aromatic rings. The van der Waals surface area contributed by atoms with E-state index in [1.807, 2.05) is 18.2 Å². The highest BCUT2D eigenvalue weighted by Crippen LogP contribution is 2.45. The van der Waals surface area contributed by atoms with Crippen molar-refractivity contribution in [3.8, 4) is 5.75 Å². The van der Waals surface area contributed by atoms with Crippen molar-refractivity contribution in [1.29, 1.82) is 0 Å². The second kappa shape index (κ2) is 6.34. The van der Waals surface area contributed by atoms with Crippen molar-refractivity contribution < 1.29 is 9.90 Å². The highest BCUT2D eigenvalue weighted by Gasteiger charge is 2.50. The van der Waals surface area contributed by atoms with Crippen LogP contribution in [0.2, 0.25) is 0 Å². The van der Waals surface area contributed by atoms with E-state index in [4.69, 9.17) is 11.6 Å². The molecule has 4 rings (SSSR count). The molecule has 126 valence electrons. The molecule has 2 atom stereocenters. The van der Waals surface area contributed by atoms with E-state index in [9.17, 15) is 9.90 Å². The van der Waals surface area contributed by atoms with Crippen LogP contribution in [0.5, 0.6) is 5.75 Å². The molecule has 0 spiro atoms. The lowest BCUT2D eigenvalue weighted by atomic mass is 9.93. The van der Waals surface area contributed by atoms with E-state index in [-0.39, 0.29) is 11.7 Å². The molecule has 6 nitrogen and oxygen atoms in total. The summed E-state index contributed by atoms with van der Waals surface area (Å²) in [5.41, 5.74) is 0.608. The molecule has 2 unspecified atom stereocenters. The van der Waals surface area contributed by atoms with Crippen LogP contribution in [-0.4, -0.2) is 26.4 Å². The fourth-order valence-corrected chi connectivity index (χ4v) is 3.85. The molecule has 2 N–H and O–H groups in total. The molecule has 1 amide bonds. The first-order chi connectivity index (χ1) is 12.1. The van der Waals surface area contributed by atoms with Gasteiger partial charge in [0.25, 0.3) is 0 Å². The summed E-state index contributed by atoms with van der Waals surface area (Å²) in [7, 11) is 0. The molecule has 1 saturated heterocycles. The number of para-hydroxylation sites is 1. The first-order valence-corrected chi connectivity index (χ1v) is 8.85. The maximum atomic E-state index is 12.3. The number of thiazole rings is 1. The number of nitrogens with one attached hydrogen (secondary N) is 1. The molecule has 1 aliphatic rings. The average Bonchev–Trinajstić information content (AvgIpc) is 3.08. The Bertz CT molecular complexity index is 918.